The molecule has 136 valence electrons. The van der Waals surface area contributed by atoms with Crippen molar-refractivity contribution in [2.75, 3.05) is 5.32 Å². The number of carbonyl (C=O) groups is 1. The molecule has 2 aromatic rings. The number of thiophene rings is 1. The van der Waals surface area contributed by atoms with Crippen molar-refractivity contribution in [3.8, 4) is 11.8 Å². The molecule has 2 atom stereocenters. The van der Waals surface area contributed by atoms with Crippen LogP contribution in [0, 0.1) is 17.2 Å². The molecule has 0 aliphatic heterocycles. The first-order chi connectivity index (χ1) is 12.4. The maximum Gasteiger partial charge on any atom is 0.265 e. The van der Waals surface area contributed by atoms with E-state index in [0.717, 1.165) is 24.8 Å². The van der Waals surface area contributed by atoms with Crippen LogP contribution in [0.5, 0.6) is 5.75 Å². The van der Waals surface area contributed by atoms with Crippen LogP contribution in [0.15, 0.2) is 18.2 Å². The number of rotatable bonds is 4. The molecule has 0 spiro atoms. The van der Waals surface area contributed by atoms with E-state index in [4.69, 9.17) is 27.9 Å². The maximum atomic E-state index is 12.5. The fourth-order valence-corrected chi connectivity index (χ4v) is 4.80. The highest BCUT2D eigenvalue weighted by Crippen LogP contribution is 2.39. The minimum Gasteiger partial charge on any atom is -0.479 e. The quantitative estimate of drug-likeness (QED) is 0.730. The number of halogens is 2. The van der Waals surface area contributed by atoms with Gasteiger partial charge in [0.25, 0.3) is 5.91 Å². The van der Waals surface area contributed by atoms with Crippen LogP contribution in [0.25, 0.3) is 0 Å². The molecule has 1 aromatic heterocycles. The van der Waals surface area contributed by atoms with Gasteiger partial charge < -0.3 is 10.1 Å². The van der Waals surface area contributed by atoms with Crippen LogP contribution in [-0.4, -0.2) is 12.0 Å². The minimum absolute atomic E-state index is 0.320. The average Bonchev–Trinajstić information content (AvgIpc) is 2.93. The molecule has 0 saturated heterocycles. The molecular weight excluding hydrogens is 391 g/mol. The number of nitrogens with one attached hydrogen (secondary N) is 1. The molecule has 0 radical (unpaired) electrons. The first-order valence-electron chi connectivity index (χ1n) is 8.36. The number of ether oxygens (including phenoxy) is 1. The molecule has 26 heavy (non-hydrogen) atoms. The molecule has 7 heteroatoms. The molecule has 4 nitrogen and oxygen atoms in total. The van der Waals surface area contributed by atoms with E-state index in [-0.39, 0.29) is 5.91 Å². The lowest BCUT2D eigenvalue weighted by Gasteiger charge is -2.17. The molecule has 1 N–H and O–H groups in total. The number of nitrogens with zero attached hydrogens (tertiary/aromatic N) is 1. The lowest BCUT2D eigenvalue weighted by Crippen LogP contribution is -2.30. The summed E-state index contributed by atoms with van der Waals surface area (Å²) in [5.41, 5.74) is 1.67. The summed E-state index contributed by atoms with van der Waals surface area (Å²) in [5.74, 6) is 0.670. The lowest BCUT2D eigenvalue weighted by molar-refractivity contribution is -0.122. The Labute approximate surface area is 166 Å². The number of anilines is 1. The van der Waals surface area contributed by atoms with Gasteiger partial charge in [0.05, 0.1) is 10.6 Å². The van der Waals surface area contributed by atoms with Crippen molar-refractivity contribution >= 4 is 45.4 Å². The number of amides is 1. The van der Waals surface area contributed by atoms with E-state index in [0.29, 0.717) is 32.3 Å². The van der Waals surface area contributed by atoms with Gasteiger partial charge in [0, 0.05) is 9.90 Å². The number of nitriles is 1. The number of benzene rings is 1. The van der Waals surface area contributed by atoms with Crippen molar-refractivity contribution < 1.29 is 9.53 Å². The molecule has 1 aliphatic rings. The van der Waals surface area contributed by atoms with Crippen LogP contribution < -0.4 is 10.1 Å². The van der Waals surface area contributed by atoms with Gasteiger partial charge in [-0.25, -0.2) is 0 Å². The number of hydrogen-bond acceptors (Lipinski definition) is 4. The zero-order valence-electron chi connectivity index (χ0n) is 14.4. The molecule has 0 bridgehead atoms. The Bertz CT molecular complexity index is 888. The van der Waals surface area contributed by atoms with E-state index >= 15 is 0 Å². The van der Waals surface area contributed by atoms with Gasteiger partial charge in [-0.1, -0.05) is 30.1 Å². The Morgan fingerprint density at radius 3 is 2.92 bits per heavy atom. The third kappa shape index (κ3) is 3.98. The Morgan fingerprint density at radius 2 is 2.23 bits per heavy atom. The standard InChI is InChI=1S/C19H18Cl2N2O2S/c1-10-3-5-13-14(9-22)19(26-17(13)7-10)23-18(24)11(2)25-16-6-4-12(20)8-15(16)21/h4,6,8,10-11H,3,5,7H2,1-2H3,(H,23,24). The van der Waals surface area contributed by atoms with Crippen molar-refractivity contribution in [3.05, 3.63) is 44.2 Å². The van der Waals surface area contributed by atoms with E-state index in [9.17, 15) is 10.1 Å². The zero-order chi connectivity index (χ0) is 18.8. The summed E-state index contributed by atoms with van der Waals surface area (Å²) in [6.45, 7) is 3.85. The molecule has 3 rings (SSSR count). The first kappa shape index (κ1) is 19.0. The topological polar surface area (TPSA) is 62.1 Å². The van der Waals surface area contributed by atoms with Gasteiger partial charge in [0.1, 0.15) is 16.8 Å². The molecular formula is C19H18Cl2N2O2S. The van der Waals surface area contributed by atoms with Gasteiger partial charge in [-0.3, -0.25) is 4.79 Å². The Balaban J connectivity index is 1.74. The summed E-state index contributed by atoms with van der Waals surface area (Å²) < 4.78 is 5.65. The van der Waals surface area contributed by atoms with Crippen molar-refractivity contribution in [1.82, 2.24) is 0 Å². The third-order valence-corrected chi connectivity index (χ3v) is 6.13. The van der Waals surface area contributed by atoms with Gasteiger partial charge in [-0.05, 0) is 55.9 Å². The summed E-state index contributed by atoms with van der Waals surface area (Å²) in [6.07, 6.45) is 2.15. The molecule has 0 fully saturated rings. The molecule has 1 aromatic carbocycles. The van der Waals surface area contributed by atoms with E-state index in [1.54, 1.807) is 25.1 Å². The monoisotopic (exact) mass is 408 g/mol. The first-order valence-corrected chi connectivity index (χ1v) is 9.93. The molecule has 2 unspecified atom stereocenters. The van der Waals surface area contributed by atoms with E-state index in [1.807, 2.05) is 0 Å². The van der Waals surface area contributed by atoms with Crippen molar-refractivity contribution in [2.45, 2.75) is 39.2 Å². The average molecular weight is 409 g/mol. The summed E-state index contributed by atoms with van der Waals surface area (Å²) in [5, 5.41) is 13.8. The summed E-state index contributed by atoms with van der Waals surface area (Å²) in [6, 6.07) is 7.08. The van der Waals surface area contributed by atoms with Crippen molar-refractivity contribution in [1.29, 1.82) is 5.26 Å². The summed E-state index contributed by atoms with van der Waals surface area (Å²) >= 11 is 13.4. The highest BCUT2D eigenvalue weighted by molar-refractivity contribution is 7.16. The van der Waals surface area contributed by atoms with Crippen LogP contribution in [0.3, 0.4) is 0 Å². The SMILES string of the molecule is CC1CCc2c(sc(NC(=O)C(C)Oc3ccc(Cl)cc3Cl)c2C#N)C1. The van der Waals surface area contributed by atoms with Gasteiger partial charge in [0.15, 0.2) is 6.10 Å². The number of hydrogen-bond donors (Lipinski definition) is 1. The zero-order valence-corrected chi connectivity index (χ0v) is 16.8. The third-order valence-electron chi connectivity index (χ3n) is 4.43. The highest BCUT2D eigenvalue weighted by Gasteiger charge is 2.26. The second kappa shape index (κ2) is 7.87. The second-order valence-corrected chi connectivity index (χ2v) is 8.44. The fourth-order valence-electron chi connectivity index (χ4n) is 2.99. The molecule has 1 amide bonds. The fraction of sp³-hybridized carbons (Fsp3) is 0.368. The largest absolute Gasteiger partial charge is 0.479 e. The minimum atomic E-state index is -0.765. The van der Waals surface area contributed by atoms with E-state index in [2.05, 4.69) is 18.3 Å². The van der Waals surface area contributed by atoms with Crippen molar-refractivity contribution in [3.63, 3.8) is 0 Å². The normalized spacial score (nSPS) is 17.1. The number of fused-ring (bicyclic) bond motifs is 1. The Hall–Kier alpha value is -1.74. The van der Waals surface area contributed by atoms with Crippen LogP contribution in [-0.2, 0) is 17.6 Å². The lowest BCUT2D eigenvalue weighted by atomic mass is 9.88. The Kier molecular flexibility index (Phi) is 5.76. The second-order valence-electron chi connectivity index (χ2n) is 6.49. The predicted octanol–water partition coefficient (Wildman–Crippen LogP) is 5.46. The van der Waals surface area contributed by atoms with Crippen molar-refractivity contribution in [2.24, 2.45) is 5.92 Å². The summed E-state index contributed by atoms with van der Waals surface area (Å²) in [4.78, 5) is 13.7. The van der Waals surface area contributed by atoms with Crippen LogP contribution in [0.4, 0.5) is 5.00 Å². The molecule has 1 aliphatic carbocycles. The molecule has 1 heterocycles. The van der Waals surface area contributed by atoms with E-state index in [1.165, 1.54) is 16.2 Å². The van der Waals surface area contributed by atoms with Crippen LogP contribution in [0.2, 0.25) is 10.0 Å². The van der Waals surface area contributed by atoms with Gasteiger partial charge in [-0.15, -0.1) is 11.3 Å². The van der Waals surface area contributed by atoms with Gasteiger partial charge in [0.2, 0.25) is 0 Å². The van der Waals surface area contributed by atoms with Gasteiger partial charge >= 0.3 is 0 Å². The van der Waals surface area contributed by atoms with Gasteiger partial charge in [-0.2, -0.15) is 5.26 Å². The predicted molar refractivity (Wildman–Crippen MR) is 105 cm³/mol. The highest BCUT2D eigenvalue weighted by atomic mass is 35.5. The number of carbonyl (C=O) groups excluding carboxylic acids is 1. The Morgan fingerprint density at radius 1 is 1.46 bits per heavy atom. The maximum absolute atomic E-state index is 12.5. The molecule has 0 saturated carbocycles. The van der Waals surface area contributed by atoms with Crippen LogP contribution in [0.1, 0.15) is 36.3 Å². The summed E-state index contributed by atoms with van der Waals surface area (Å²) in [7, 11) is 0. The van der Waals surface area contributed by atoms with E-state index < -0.39 is 6.10 Å². The van der Waals surface area contributed by atoms with Crippen LogP contribution >= 0.6 is 34.5 Å². The smallest absolute Gasteiger partial charge is 0.265 e.